The lowest BCUT2D eigenvalue weighted by molar-refractivity contribution is -0.0144. The Balaban J connectivity index is 2.50. The van der Waals surface area contributed by atoms with E-state index < -0.39 is 5.60 Å². The fourth-order valence-electron chi connectivity index (χ4n) is 1.49. The molecule has 0 amide bonds. The number of likely N-dealkylation sites (N-methyl/N-ethyl adjacent to an activating group) is 1. The zero-order valence-electron chi connectivity index (χ0n) is 10.3. The highest BCUT2D eigenvalue weighted by molar-refractivity contribution is 9.10. The quantitative estimate of drug-likeness (QED) is 0.902. The van der Waals surface area contributed by atoms with E-state index >= 15 is 0 Å². The molecule has 0 saturated carbocycles. The third-order valence-corrected chi connectivity index (χ3v) is 4.56. The Hall–Kier alpha value is 0.1000. The van der Waals surface area contributed by atoms with E-state index in [1.54, 1.807) is 11.3 Å². The minimum atomic E-state index is -0.622. The number of aliphatic hydroxyl groups is 1. The Bertz CT molecular complexity index is 336. The van der Waals surface area contributed by atoms with E-state index in [9.17, 15) is 5.11 Å². The Kier molecular flexibility index (Phi) is 4.98. The molecular formula is C12H20BrNOS. The average Bonchev–Trinajstić information content (AvgIpc) is 2.49. The van der Waals surface area contributed by atoms with Crippen molar-refractivity contribution in [1.82, 2.24) is 4.90 Å². The van der Waals surface area contributed by atoms with Crippen molar-refractivity contribution in [1.29, 1.82) is 0 Å². The lowest BCUT2D eigenvalue weighted by Crippen LogP contribution is -2.42. The van der Waals surface area contributed by atoms with Gasteiger partial charge in [-0.2, -0.15) is 0 Å². The largest absolute Gasteiger partial charge is 0.389 e. The predicted octanol–water partition coefficient (Wildman–Crippen LogP) is 3.35. The molecule has 1 aromatic rings. The van der Waals surface area contributed by atoms with E-state index in [1.807, 2.05) is 14.0 Å². The summed E-state index contributed by atoms with van der Waals surface area (Å²) in [6.07, 6.45) is 0. The van der Waals surface area contributed by atoms with Gasteiger partial charge in [0, 0.05) is 27.8 Å². The second-order valence-electron chi connectivity index (χ2n) is 4.92. The standard InChI is InChI=1S/C12H20BrNOS/c1-9(2)12(3,15)8-14(4)6-11-5-10(13)7-16-11/h5,7,9,15H,6,8H2,1-4H3. The van der Waals surface area contributed by atoms with Gasteiger partial charge >= 0.3 is 0 Å². The Morgan fingerprint density at radius 2 is 2.19 bits per heavy atom. The molecule has 1 rings (SSSR count). The van der Waals surface area contributed by atoms with Crippen molar-refractivity contribution in [3.63, 3.8) is 0 Å². The number of thiophene rings is 1. The first-order valence-corrected chi connectivity index (χ1v) is 7.12. The van der Waals surface area contributed by atoms with Crippen molar-refractivity contribution in [3.8, 4) is 0 Å². The molecule has 0 radical (unpaired) electrons. The van der Waals surface area contributed by atoms with Gasteiger partial charge in [0.15, 0.2) is 0 Å². The van der Waals surface area contributed by atoms with Gasteiger partial charge in [-0.25, -0.2) is 0 Å². The summed E-state index contributed by atoms with van der Waals surface area (Å²) in [7, 11) is 2.05. The van der Waals surface area contributed by atoms with Gasteiger partial charge in [0.2, 0.25) is 0 Å². The normalized spacial score (nSPS) is 15.8. The minimum absolute atomic E-state index is 0.269. The fourth-order valence-corrected chi connectivity index (χ4v) is 3.02. The van der Waals surface area contributed by atoms with Crippen LogP contribution < -0.4 is 0 Å². The molecule has 4 heteroatoms. The van der Waals surface area contributed by atoms with E-state index in [0.717, 1.165) is 11.0 Å². The van der Waals surface area contributed by atoms with Crippen LogP contribution in [0, 0.1) is 5.92 Å². The monoisotopic (exact) mass is 305 g/mol. The van der Waals surface area contributed by atoms with Gasteiger partial charge in [0.05, 0.1) is 5.60 Å². The molecule has 0 fully saturated rings. The number of nitrogens with zero attached hydrogens (tertiary/aromatic N) is 1. The molecule has 2 nitrogen and oxygen atoms in total. The zero-order valence-corrected chi connectivity index (χ0v) is 12.7. The maximum absolute atomic E-state index is 10.2. The van der Waals surface area contributed by atoms with Gasteiger partial charge in [-0.3, -0.25) is 4.90 Å². The van der Waals surface area contributed by atoms with Crippen LogP contribution in [0.4, 0.5) is 0 Å². The van der Waals surface area contributed by atoms with Crippen molar-refractivity contribution < 1.29 is 5.11 Å². The predicted molar refractivity (Wildman–Crippen MR) is 73.8 cm³/mol. The summed E-state index contributed by atoms with van der Waals surface area (Å²) in [5.41, 5.74) is -0.622. The Morgan fingerprint density at radius 1 is 1.56 bits per heavy atom. The molecule has 0 bridgehead atoms. The van der Waals surface area contributed by atoms with Crippen LogP contribution in [0.2, 0.25) is 0 Å². The van der Waals surface area contributed by atoms with Crippen LogP contribution in [0.25, 0.3) is 0 Å². The molecule has 1 heterocycles. The second-order valence-corrected chi connectivity index (χ2v) is 6.83. The third-order valence-electron chi connectivity index (χ3n) is 2.88. The maximum Gasteiger partial charge on any atom is 0.0768 e. The average molecular weight is 306 g/mol. The highest BCUT2D eigenvalue weighted by Crippen LogP contribution is 2.22. The first-order valence-electron chi connectivity index (χ1n) is 5.45. The molecule has 1 atom stereocenters. The van der Waals surface area contributed by atoms with Crippen LogP contribution in [0.3, 0.4) is 0 Å². The molecule has 1 aromatic heterocycles. The summed E-state index contributed by atoms with van der Waals surface area (Å²) in [6, 6.07) is 2.13. The van der Waals surface area contributed by atoms with Crippen LogP contribution in [0.15, 0.2) is 15.9 Å². The van der Waals surface area contributed by atoms with Crippen LogP contribution in [0.1, 0.15) is 25.6 Å². The van der Waals surface area contributed by atoms with Gasteiger partial charge in [0.25, 0.3) is 0 Å². The summed E-state index contributed by atoms with van der Waals surface area (Å²) in [4.78, 5) is 3.48. The van der Waals surface area contributed by atoms with E-state index in [0.29, 0.717) is 6.54 Å². The molecule has 92 valence electrons. The highest BCUT2D eigenvalue weighted by Gasteiger charge is 2.26. The van der Waals surface area contributed by atoms with Gasteiger partial charge in [0.1, 0.15) is 0 Å². The maximum atomic E-state index is 10.2. The number of halogens is 1. The summed E-state index contributed by atoms with van der Waals surface area (Å²) < 4.78 is 1.14. The lowest BCUT2D eigenvalue weighted by Gasteiger charge is -2.32. The molecule has 1 unspecified atom stereocenters. The summed E-state index contributed by atoms with van der Waals surface area (Å²) in [5, 5.41) is 12.3. The third kappa shape index (κ3) is 4.17. The van der Waals surface area contributed by atoms with Crippen LogP contribution in [0.5, 0.6) is 0 Å². The molecule has 0 aliphatic rings. The molecule has 0 aliphatic carbocycles. The molecule has 0 aromatic carbocycles. The second kappa shape index (κ2) is 5.63. The number of rotatable bonds is 5. The van der Waals surface area contributed by atoms with E-state index in [2.05, 4.69) is 46.1 Å². The van der Waals surface area contributed by atoms with Crippen LogP contribution in [-0.2, 0) is 6.54 Å². The van der Waals surface area contributed by atoms with E-state index in [4.69, 9.17) is 0 Å². The molecule has 0 aliphatic heterocycles. The minimum Gasteiger partial charge on any atom is -0.389 e. The van der Waals surface area contributed by atoms with Gasteiger partial charge < -0.3 is 5.11 Å². The highest BCUT2D eigenvalue weighted by atomic mass is 79.9. The van der Waals surface area contributed by atoms with Crippen molar-refractivity contribution >= 4 is 27.3 Å². The smallest absolute Gasteiger partial charge is 0.0768 e. The molecule has 0 saturated heterocycles. The molecule has 0 spiro atoms. The van der Waals surface area contributed by atoms with Crippen molar-refractivity contribution in [2.45, 2.75) is 32.9 Å². The van der Waals surface area contributed by atoms with Crippen LogP contribution >= 0.6 is 27.3 Å². The lowest BCUT2D eigenvalue weighted by atomic mass is 9.92. The SMILES string of the molecule is CC(C)C(C)(O)CN(C)Cc1cc(Br)cs1. The number of hydrogen-bond donors (Lipinski definition) is 1. The first-order chi connectivity index (χ1) is 7.31. The molecule has 1 N–H and O–H groups in total. The Morgan fingerprint density at radius 3 is 2.62 bits per heavy atom. The van der Waals surface area contributed by atoms with Gasteiger partial charge in [-0.05, 0) is 41.9 Å². The van der Waals surface area contributed by atoms with Gasteiger partial charge in [-0.15, -0.1) is 11.3 Å². The summed E-state index contributed by atoms with van der Waals surface area (Å²) in [5.74, 6) is 0.269. The first kappa shape index (κ1) is 14.2. The number of hydrogen-bond acceptors (Lipinski definition) is 3. The van der Waals surface area contributed by atoms with Crippen molar-refractivity contribution in [3.05, 3.63) is 20.8 Å². The van der Waals surface area contributed by atoms with Crippen molar-refractivity contribution in [2.24, 2.45) is 5.92 Å². The van der Waals surface area contributed by atoms with E-state index in [-0.39, 0.29) is 5.92 Å². The topological polar surface area (TPSA) is 23.5 Å². The Labute approximate surface area is 110 Å². The fraction of sp³-hybridized carbons (Fsp3) is 0.667. The van der Waals surface area contributed by atoms with Crippen LogP contribution in [-0.4, -0.2) is 29.2 Å². The van der Waals surface area contributed by atoms with E-state index in [1.165, 1.54) is 4.88 Å². The summed E-state index contributed by atoms with van der Waals surface area (Å²) in [6.45, 7) is 7.59. The van der Waals surface area contributed by atoms with Crippen molar-refractivity contribution in [2.75, 3.05) is 13.6 Å². The zero-order chi connectivity index (χ0) is 12.3. The summed E-state index contributed by atoms with van der Waals surface area (Å²) >= 11 is 5.19. The molecule has 16 heavy (non-hydrogen) atoms. The van der Waals surface area contributed by atoms with Gasteiger partial charge in [-0.1, -0.05) is 13.8 Å². The molecular weight excluding hydrogens is 286 g/mol.